The summed E-state index contributed by atoms with van der Waals surface area (Å²) in [4.78, 5) is 2.20. The van der Waals surface area contributed by atoms with Gasteiger partial charge in [-0.3, -0.25) is 0 Å². The average Bonchev–Trinajstić information content (AvgIpc) is 2.53. The lowest BCUT2D eigenvalue weighted by atomic mass is 9.93. The van der Waals surface area contributed by atoms with E-state index in [1.54, 1.807) is 0 Å². The first-order valence-electron chi connectivity index (χ1n) is 7.05. The van der Waals surface area contributed by atoms with Crippen molar-refractivity contribution in [1.29, 1.82) is 0 Å². The maximum atomic E-state index is 13.2. The Bertz CT molecular complexity index is 781. The third-order valence-corrected chi connectivity index (χ3v) is 3.89. The second-order valence-corrected chi connectivity index (χ2v) is 5.22. The molecule has 0 saturated carbocycles. The van der Waals surface area contributed by atoms with E-state index < -0.39 is 0 Å². The molecule has 0 N–H and O–H groups in total. The summed E-state index contributed by atoms with van der Waals surface area (Å²) in [6.45, 7) is 0. The Hall–Kier alpha value is -2.61. The third kappa shape index (κ3) is 2.00. The first-order chi connectivity index (χ1) is 10.3. The van der Waals surface area contributed by atoms with Gasteiger partial charge in [0.15, 0.2) is 0 Å². The zero-order chi connectivity index (χ0) is 14.2. The maximum Gasteiger partial charge on any atom is 0.123 e. The fraction of sp³-hybridized carbons (Fsp3) is 0.0526. The molecule has 21 heavy (non-hydrogen) atoms. The molecule has 0 amide bonds. The van der Waals surface area contributed by atoms with Crippen LogP contribution in [-0.4, -0.2) is 0 Å². The summed E-state index contributed by atoms with van der Waals surface area (Å²) in [7, 11) is 0. The van der Waals surface area contributed by atoms with Crippen molar-refractivity contribution in [3.8, 4) is 0 Å². The van der Waals surface area contributed by atoms with E-state index in [1.807, 2.05) is 24.3 Å². The normalized spacial score (nSPS) is 16.0. The molecule has 1 heterocycles. The van der Waals surface area contributed by atoms with Gasteiger partial charge in [-0.15, -0.1) is 0 Å². The highest BCUT2D eigenvalue weighted by molar-refractivity contribution is 5.86. The van der Waals surface area contributed by atoms with Crippen LogP contribution in [0.15, 0.2) is 78.0 Å². The quantitative estimate of drug-likeness (QED) is 0.691. The largest absolute Gasteiger partial charge is 0.310 e. The highest BCUT2D eigenvalue weighted by Gasteiger charge is 2.24. The van der Waals surface area contributed by atoms with Crippen LogP contribution in [0.1, 0.15) is 12.0 Å². The van der Waals surface area contributed by atoms with Gasteiger partial charge in [0.1, 0.15) is 5.82 Å². The predicted molar refractivity (Wildman–Crippen MR) is 84.8 cm³/mol. The van der Waals surface area contributed by atoms with Crippen molar-refractivity contribution in [1.82, 2.24) is 0 Å². The highest BCUT2D eigenvalue weighted by atomic mass is 19.1. The molecular formula is C19H14FN. The fourth-order valence-electron chi connectivity index (χ4n) is 2.92. The lowest BCUT2D eigenvalue weighted by molar-refractivity contribution is 0.628. The molecule has 0 atom stereocenters. The van der Waals surface area contributed by atoms with Gasteiger partial charge in [0.2, 0.25) is 0 Å². The number of allylic oxidation sites excluding steroid dienone is 4. The van der Waals surface area contributed by atoms with Crippen molar-refractivity contribution in [2.24, 2.45) is 0 Å². The summed E-state index contributed by atoms with van der Waals surface area (Å²) in [5.74, 6) is -0.211. The van der Waals surface area contributed by atoms with Gasteiger partial charge in [-0.25, -0.2) is 4.39 Å². The molecule has 1 nitrogen and oxygen atoms in total. The summed E-state index contributed by atoms with van der Waals surface area (Å²) < 4.78 is 13.2. The first kappa shape index (κ1) is 12.2. The van der Waals surface area contributed by atoms with E-state index in [-0.39, 0.29) is 5.82 Å². The first-order valence-corrected chi connectivity index (χ1v) is 7.05. The predicted octanol–water partition coefficient (Wildman–Crippen LogP) is 5.20. The topological polar surface area (TPSA) is 3.24 Å². The number of benzene rings is 2. The number of hydrogen-bond acceptors (Lipinski definition) is 1. The third-order valence-electron chi connectivity index (χ3n) is 3.89. The lowest BCUT2D eigenvalue weighted by Gasteiger charge is -2.34. The molecule has 1 aliphatic heterocycles. The Morgan fingerprint density at radius 1 is 0.952 bits per heavy atom. The lowest BCUT2D eigenvalue weighted by Crippen LogP contribution is -2.22. The number of hydrogen-bond donors (Lipinski definition) is 0. The zero-order valence-electron chi connectivity index (χ0n) is 11.5. The van der Waals surface area contributed by atoms with Crippen LogP contribution in [0.4, 0.5) is 15.8 Å². The molecule has 2 heteroatoms. The van der Waals surface area contributed by atoms with E-state index in [4.69, 9.17) is 0 Å². The van der Waals surface area contributed by atoms with Crippen LogP contribution < -0.4 is 4.90 Å². The van der Waals surface area contributed by atoms with Crippen LogP contribution in [-0.2, 0) is 0 Å². The Morgan fingerprint density at radius 2 is 1.76 bits per heavy atom. The molecule has 4 rings (SSSR count). The van der Waals surface area contributed by atoms with Crippen LogP contribution in [0.25, 0.3) is 6.08 Å². The molecule has 1 aliphatic carbocycles. The second kappa shape index (κ2) is 4.74. The van der Waals surface area contributed by atoms with Crippen molar-refractivity contribution in [2.75, 3.05) is 4.90 Å². The van der Waals surface area contributed by atoms with Crippen LogP contribution in [0.2, 0.25) is 0 Å². The number of halogens is 1. The minimum atomic E-state index is -0.211. The molecule has 2 aliphatic rings. The second-order valence-electron chi connectivity index (χ2n) is 5.22. The van der Waals surface area contributed by atoms with Gasteiger partial charge in [0, 0.05) is 11.4 Å². The van der Waals surface area contributed by atoms with E-state index in [2.05, 4.69) is 41.3 Å². The van der Waals surface area contributed by atoms with E-state index in [9.17, 15) is 4.39 Å². The molecule has 0 spiro atoms. The standard InChI is InChI=1S/C19H14FN/c20-16-9-11-17(12-10-16)21-18-7-3-1-5-14(18)13-15-6-2-4-8-19(15)21/h1-5,7-13H,6H2. The number of rotatable bonds is 1. The zero-order valence-corrected chi connectivity index (χ0v) is 11.5. The molecule has 2 aromatic rings. The minimum Gasteiger partial charge on any atom is -0.310 e. The molecule has 102 valence electrons. The summed E-state index contributed by atoms with van der Waals surface area (Å²) >= 11 is 0. The molecule has 0 radical (unpaired) electrons. The molecule has 2 aromatic carbocycles. The van der Waals surface area contributed by atoms with E-state index in [1.165, 1.54) is 29.0 Å². The smallest absolute Gasteiger partial charge is 0.123 e. The molecule has 0 saturated heterocycles. The molecule has 0 bridgehead atoms. The maximum absolute atomic E-state index is 13.2. The van der Waals surface area contributed by atoms with Crippen molar-refractivity contribution in [3.05, 3.63) is 89.4 Å². The Morgan fingerprint density at radius 3 is 2.62 bits per heavy atom. The molecule has 0 fully saturated rings. The average molecular weight is 275 g/mol. The van der Waals surface area contributed by atoms with Gasteiger partial charge < -0.3 is 4.90 Å². The van der Waals surface area contributed by atoms with E-state index in [0.29, 0.717) is 0 Å². The van der Waals surface area contributed by atoms with Gasteiger partial charge in [-0.05, 0) is 60.0 Å². The van der Waals surface area contributed by atoms with Crippen LogP contribution in [0.3, 0.4) is 0 Å². The van der Waals surface area contributed by atoms with Crippen LogP contribution in [0, 0.1) is 5.82 Å². The summed E-state index contributed by atoms with van der Waals surface area (Å²) in [6, 6.07) is 15.0. The number of para-hydroxylation sites is 1. The van der Waals surface area contributed by atoms with Crippen LogP contribution >= 0.6 is 0 Å². The van der Waals surface area contributed by atoms with Crippen molar-refractivity contribution in [2.45, 2.75) is 6.42 Å². The van der Waals surface area contributed by atoms with E-state index >= 15 is 0 Å². The monoisotopic (exact) mass is 275 g/mol. The summed E-state index contributed by atoms with van der Waals surface area (Å²) in [6.07, 6.45) is 9.53. The van der Waals surface area contributed by atoms with Gasteiger partial charge in [0.25, 0.3) is 0 Å². The van der Waals surface area contributed by atoms with Crippen molar-refractivity contribution >= 4 is 17.5 Å². The van der Waals surface area contributed by atoms with E-state index in [0.717, 1.165) is 17.8 Å². The summed E-state index contributed by atoms with van der Waals surface area (Å²) in [5.41, 5.74) is 5.78. The Kier molecular flexibility index (Phi) is 2.74. The SMILES string of the molecule is Fc1ccc(N2C3=CC=CCC3=Cc3ccccc32)cc1. The molecular weight excluding hydrogens is 261 g/mol. The number of nitrogens with zero attached hydrogens (tertiary/aromatic N) is 1. The van der Waals surface area contributed by atoms with Crippen LogP contribution in [0.5, 0.6) is 0 Å². The minimum absolute atomic E-state index is 0.211. The van der Waals surface area contributed by atoms with Crippen molar-refractivity contribution < 1.29 is 4.39 Å². The van der Waals surface area contributed by atoms with Gasteiger partial charge in [-0.1, -0.05) is 30.4 Å². The summed E-state index contributed by atoms with van der Waals surface area (Å²) in [5, 5.41) is 0. The number of anilines is 2. The fourth-order valence-corrected chi connectivity index (χ4v) is 2.92. The highest BCUT2D eigenvalue weighted by Crippen LogP contribution is 2.42. The Balaban J connectivity index is 1.94. The van der Waals surface area contributed by atoms with Crippen molar-refractivity contribution in [3.63, 3.8) is 0 Å². The van der Waals surface area contributed by atoms with Gasteiger partial charge in [0.05, 0.1) is 5.69 Å². The van der Waals surface area contributed by atoms with Gasteiger partial charge in [-0.2, -0.15) is 0 Å². The van der Waals surface area contributed by atoms with Gasteiger partial charge >= 0.3 is 0 Å². The molecule has 0 aromatic heterocycles. The Labute approximate surface area is 123 Å². The molecule has 0 unspecified atom stereocenters. The number of fused-ring (bicyclic) bond motifs is 2.